The number of halogens is 1. The summed E-state index contributed by atoms with van der Waals surface area (Å²) < 4.78 is 34.5. The maximum atomic E-state index is 13.4. The quantitative estimate of drug-likeness (QED) is 0.0210. The van der Waals surface area contributed by atoms with Gasteiger partial charge in [0.05, 0.1) is 99.6 Å². The van der Waals surface area contributed by atoms with Gasteiger partial charge in [-0.15, -0.1) is 0 Å². The number of nitrogens with one attached hydrogen (secondary N) is 3. The van der Waals surface area contributed by atoms with E-state index in [0.29, 0.717) is 65.6 Å². The van der Waals surface area contributed by atoms with Crippen molar-refractivity contribution in [2.24, 2.45) is 9.86 Å². The second-order valence-corrected chi connectivity index (χ2v) is 34.3. The van der Waals surface area contributed by atoms with Crippen molar-refractivity contribution in [2.75, 3.05) is 139 Å². The maximum absolute atomic E-state index is 13.4. The number of nitrogens with two attached hydrogens (primary N) is 1. The molecule has 6 aliphatic rings. The second kappa shape index (κ2) is 39.4. The molecule has 15 heterocycles. The molecular weight excluding hydrogens is 1700 g/mol. The van der Waals surface area contributed by atoms with Crippen molar-refractivity contribution in [3.05, 3.63) is 199 Å². The minimum atomic E-state index is -1.06. The molecule has 0 radical (unpaired) electrons. The molecular formula is C90H106IN24O10-. The van der Waals surface area contributed by atoms with Crippen LogP contribution in [0.2, 0.25) is 0 Å². The van der Waals surface area contributed by atoms with Crippen LogP contribution in [0.25, 0.3) is 83.8 Å². The summed E-state index contributed by atoms with van der Waals surface area (Å²) in [4.78, 5) is 78.6. The number of alkyl halides is 1. The van der Waals surface area contributed by atoms with Crippen LogP contribution >= 0.6 is 0 Å². The first-order valence-corrected chi connectivity index (χ1v) is 45.6. The van der Waals surface area contributed by atoms with Gasteiger partial charge in [0, 0.05) is 201 Å². The molecule has 2 amide bonds. The number of carbonyl (C=O) groups is 3. The summed E-state index contributed by atoms with van der Waals surface area (Å²) in [7, 11) is 5.81. The van der Waals surface area contributed by atoms with Gasteiger partial charge in [0.15, 0.2) is 16.9 Å². The van der Waals surface area contributed by atoms with E-state index in [1.807, 2.05) is 106 Å². The van der Waals surface area contributed by atoms with E-state index in [1.165, 1.54) is 18.8 Å². The number of anilines is 3. The summed E-state index contributed by atoms with van der Waals surface area (Å²) in [5, 5.41) is 64.2. The molecule has 6 fully saturated rings. The predicted octanol–water partition coefficient (Wildman–Crippen LogP) is 4.47. The topological polar surface area (TPSA) is 382 Å². The number of fused-ring (bicyclic) bond motifs is 6. The average Bonchev–Trinajstić information content (AvgIpc) is 1.62. The molecule has 3 saturated heterocycles. The van der Waals surface area contributed by atoms with Crippen molar-refractivity contribution in [1.29, 1.82) is 0 Å². The Morgan fingerprint density at radius 1 is 0.464 bits per heavy atom. The zero-order chi connectivity index (χ0) is 86.0. The SMILES string of the molecule is CN(Cc1ccccc1)c1cc(-c2cn(CCN3CCOCC3)c3ncccc23)nc2c(C(=O)NC3CC[C@H]3O)cnn12.CN(Cc1ccccc1)c1cc(-c2cn(CCN3CCOCC3)c3ncccc23)nc2c(C(=O)O)cnn12.CNc1cc(-c2cn(CCN3CCOCC3)c3ncccc23)nc2c(C(=O)NC3CC[C@H]3O)cnn12.N[I-]C[C@@H]1CC[C@H]1O. The molecule has 125 heavy (non-hydrogen) atoms. The number of aromatic nitrogens is 15. The van der Waals surface area contributed by atoms with Gasteiger partial charge in [-0.3, -0.25) is 24.3 Å². The normalized spacial score (nSPS) is 19.2. The molecule has 3 saturated carbocycles. The Bertz CT molecular complexity index is 6080. The van der Waals surface area contributed by atoms with Gasteiger partial charge in [-0.1, -0.05) is 60.7 Å². The third kappa shape index (κ3) is 19.2. The molecule has 9 N–H and O–H groups in total. The zero-order valence-corrected chi connectivity index (χ0v) is 72.5. The van der Waals surface area contributed by atoms with Gasteiger partial charge < -0.3 is 69.0 Å². The van der Waals surface area contributed by atoms with Crippen molar-refractivity contribution < 1.29 is 70.5 Å². The number of hydrogen-bond acceptors (Lipinski definition) is 25. The van der Waals surface area contributed by atoms with Crippen LogP contribution in [0.3, 0.4) is 0 Å². The molecule has 6 atom stereocenters. The fraction of sp³-hybridized carbons (Fsp3) is 0.400. The Kier molecular flexibility index (Phi) is 27.0. The fourth-order valence-corrected chi connectivity index (χ4v) is 18.4. The number of hydrogen-bond donors (Lipinski definition) is 8. The van der Waals surface area contributed by atoms with Crippen molar-refractivity contribution in [2.45, 2.75) is 102 Å². The molecule has 12 aromatic heterocycles. The molecule has 0 spiro atoms. The number of carboxylic acid groups (broad SMARTS) is 1. The van der Waals surface area contributed by atoms with Crippen molar-refractivity contribution in [3.63, 3.8) is 0 Å². The number of benzene rings is 2. The fourth-order valence-electron chi connectivity index (χ4n) is 16.7. The number of nitrogens with zero attached hydrogens (tertiary/aromatic N) is 20. The van der Waals surface area contributed by atoms with Gasteiger partial charge in [0.1, 0.15) is 51.1 Å². The van der Waals surface area contributed by atoms with Gasteiger partial charge in [-0.25, -0.2) is 34.7 Å². The van der Waals surface area contributed by atoms with Crippen LogP contribution < -0.4 is 51.2 Å². The Morgan fingerprint density at radius 2 is 0.840 bits per heavy atom. The summed E-state index contributed by atoms with van der Waals surface area (Å²) in [6.07, 6.45) is 20.3. The summed E-state index contributed by atoms with van der Waals surface area (Å²) >= 11 is -0.0752. The molecule has 654 valence electrons. The summed E-state index contributed by atoms with van der Waals surface area (Å²) in [5.41, 5.74) is 12.0. The third-order valence-electron chi connectivity index (χ3n) is 24.4. The number of rotatable bonds is 26. The number of pyridine rings is 3. The predicted molar refractivity (Wildman–Crippen MR) is 471 cm³/mol. The number of aromatic carboxylic acids is 1. The first-order chi connectivity index (χ1) is 61.1. The molecule has 3 aliphatic carbocycles. The Morgan fingerprint density at radius 3 is 1.18 bits per heavy atom. The van der Waals surface area contributed by atoms with Crippen LogP contribution in [0.5, 0.6) is 0 Å². The summed E-state index contributed by atoms with van der Waals surface area (Å²) in [5.74, 6) is 1.23. The molecule has 2 aromatic carbocycles. The Balaban J connectivity index is 0.000000127. The van der Waals surface area contributed by atoms with E-state index in [2.05, 4.69) is 134 Å². The zero-order valence-electron chi connectivity index (χ0n) is 70.4. The number of amides is 2. The summed E-state index contributed by atoms with van der Waals surface area (Å²) in [6.45, 7) is 16.5. The van der Waals surface area contributed by atoms with Gasteiger partial charge in [0.2, 0.25) is 0 Å². The van der Waals surface area contributed by atoms with E-state index in [-0.39, 0.29) is 57.0 Å². The van der Waals surface area contributed by atoms with Crippen LogP contribution in [0.4, 0.5) is 17.5 Å². The van der Waals surface area contributed by atoms with E-state index in [9.17, 15) is 29.7 Å². The number of carboxylic acids is 1. The van der Waals surface area contributed by atoms with E-state index in [0.717, 1.165) is 232 Å². The summed E-state index contributed by atoms with van der Waals surface area (Å²) in [6, 6.07) is 37.8. The van der Waals surface area contributed by atoms with Gasteiger partial charge >= 0.3 is 65.8 Å². The monoisotopic (exact) mass is 1810 g/mol. The number of aliphatic hydroxyl groups excluding tert-OH is 3. The molecule has 14 aromatic rings. The average molecular weight is 1810 g/mol. The number of aliphatic hydroxyl groups is 3. The Labute approximate surface area is 732 Å². The third-order valence-corrected chi connectivity index (χ3v) is 26.1. The van der Waals surface area contributed by atoms with Crippen molar-refractivity contribution >= 4 is 85.3 Å². The van der Waals surface area contributed by atoms with Crippen LogP contribution in [0.1, 0.15) is 80.7 Å². The number of carbonyl (C=O) groups excluding carboxylic acids is 2. The van der Waals surface area contributed by atoms with Crippen molar-refractivity contribution in [3.8, 4) is 33.8 Å². The Hall–Kier alpha value is -11.5. The van der Waals surface area contributed by atoms with E-state index >= 15 is 0 Å². The second-order valence-electron chi connectivity index (χ2n) is 32.5. The number of morpholine rings is 3. The molecule has 34 nitrogen and oxygen atoms in total. The van der Waals surface area contributed by atoms with Crippen molar-refractivity contribution in [1.82, 2.24) is 97.8 Å². The standard InChI is InChI=1S/C32H36N8O3.C28H29N7O3.C25H30N8O3.C5H11INO/c1-37(20-22-6-3-2-4-7-22)29-18-27(35-31-24(19-34-40(29)31)32(42)36-26-9-10-28(26)41)25-21-39(30-23(25)8-5-11-33-30)13-12-38-14-16-43-17-15-38;1-32(18-20-6-3-2-4-7-20)25-16-24(31-27-22(28(36)37)17-30-35(25)27)23-19-34(26-21(23)8-5-9-29-26)11-10-33-12-14-38-15-13-33;1-26-22-13-20(29-24-17(14-28-33(22)24)25(35)30-19-4-5-21(19)34)18-15-32(23-16(18)3-2-6-27-23)8-7-31-9-11-36-12-10-31;7-6-3-4-1-2-5(4)8/h2-8,11,18-19,21,26,28,41H,9-10,12-17,20H2,1H3,(H,36,42);2-9,16-17,19H,10-15,18H2,1H3,(H,36,37);2-3,6,13-15,19,21,26,34H,4-5,7-12H2,1H3,(H,30,35);4-5,8H,1-3,7H2/q;;;-1/t26?,28-;;19?,21-;4-,5+/m1.10/s1. The number of ether oxygens (including phenoxy) is 3. The first kappa shape index (κ1) is 85.7. The molecule has 35 heteroatoms. The van der Waals surface area contributed by atoms with Crippen LogP contribution in [0, 0.1) is 5.92 Å². The first-order valence-electron chi connectivity index (χ1n) is 42.8. The van der Waals surface area contributed by atoms with Gasteiger partial charge in [0.25, 0.3) is 11.8 Å². The van der Waals surface area contributed by atoms with Gasteiger partial charge in [-0.2, -0.15) is 28.8 Å². The van der Waals surface area contributed by atoms with Crippen LogP contribution in [0.15, 0.2) is 171 Å². The van der Waals surface area contributed by atoms with E-state index in [4.69, 9.17) is 43.2 Å². The van der Waals surface area contributed by atoms with Gasteiger partial charge in [-0.05, 0) is 73.2 Å². The molecule has 3 aliphatic heterocycles. The molecule has 20 rings (SSSR count). The van der Waals surface area contributed by atoms with Crippen LogP contribution in [-0.2, 0) is 46.9 Å². The molecule has 0 bridgehead atoms. The van der Waals surface area contributed by atoms with E-state index < -0.39 is 18.2 Å². The van der Waals surface area contributed by atoms with E-state index in [1.54, 1.807) is 32.1 Å². The van der Waals surface area contributed by atoms with Crippen LogP contribution in [-0.4, -0.2) is 280 Å². The minimum absolute atomic E-state index is 0.00162. The molecule has 2 unspecified atom stereocenters.